The fourth-order valence-electron chi connectivity index (χ4n) is 2.65. The van der Waals surface area contributed by atoms with Crippen LogP contribution in [0.1, 0.15) is 24.4 Å². The van der Waals surface area contributed by atoms with Crippen molar-refractivity contribution in [1.29, 1.82) is 0 Å². The molecule has 1 heterocycles. The van der Waals surface area contributed by atoms with E-state index in [0.717, 1.165) is 11.1 Å². The normalized spacial score (nSPS) is 12.2. The summed E-state index contributed by atoms with van der Waals surface area (Å²) in [4.78, 5) is 14.2. The summed E-state index contributed by atoms with van der Waals surface area (Å²) >= 11 is 12.2. The molecule has 3 rings (SSSR count). The maximum absolute atomic E-state index is 12.4. The van der Waals surface area contributed by atoms with Gasteiger partial charge in [-0.1, -0.05) is 47.0 Å². The molecule has 0 saturated heterocycles. The van der Waals surface area contributed by atoms with Gasteiger partial charge in [0, 0.05) is 5.56 Å². The first-order valence-corrected chi connectivity index (χ1v) is 9.45. The second kappa shape index (κ2) is 8.73. The summed E-state index contributed by atoms with van der Waals surface area (Å²) in [6.45, 7) is 4.00. The molecular formula is C20H20Cl2N4O2. The molecule has 146 valence electrons. The number of nitrogens with one attached hydrogen (secondary N) is 1. The van der Waals surface area contributed by atoms with Crippen molar-refractivity contribution >= 4 is 34.8 Å². The summed E-state index contributed by atoms with van der Waals surface area (Å²) in [5.41, 5.74) is 2.37. The number of hydrogen-bond acceptors (Lipinski definition) is 5. The minimum Gasteiger partial charge on any atom is -0.419 e. The van der Waals surface area contributed by atoms with E-state index in [1.165, 1.54) is 0 Å². The second-order valence-electron chi connectivity index (χ2n) is 6.55. The Hall–Kier alpha value is -2.41. The van der Waals surface area contributed by atoms with Crippen molar-refractivity contribution in [1.82, 2.24) is 15.1 Å². The zero-order valence-electron chi connectivity index (χ0n) is 15.7. The number of anilines is 1. The van der Waals surface area contributed by atoms with Crippen LogP contribution in [0.5, 0.6) is 0 Å². The number of aromatic nitrogens is 2. The number of carbonyl (C=O) groups is 1. The number of benzene rings is 2. The number of rotatable bonds is 6. The lowest BCUT2D eigenvalue weighted by atomic mass is 10.1. The minimum atomic E-state index is -0.251. The van der Waals surface area contributed by atoms with Crippen molar-refractivity contribution in [3.63, 3.8) is 0 Å². The molecule has 1 N–H and O–H groups in total. The summed E-state index contributed by atoms with van der Waals surface area (Å²) in [5, 5.41) is 11.8. The topological polar surface area (TPSA) is 71.3 Å². The number of para-hydroxylation sites is 1. The Kier molecular flexibility index (Phi) is 6.34. The van der Waals surface area contributed by atoms with Gasteiger partial charge in [0.1, 0.15) is 0 Å². The average Bonchev–Trinajstić information content (AvgIpc) is 3.14. The summed E-state index contributed by atoms with van der Waals surface area (Å²) in [6, 6.07) is 12.6. The van der Waals surface area contributed by atoms with E-state index in [1.54, 1.807) is 30.1 Å². The highest BCUT2D eigenvalue weighted by atomic mass is 35.5. The van der Waals surface area contributed by atoms with Crippen molar-refractivity contribution < 1.29 is 9.21 Å². The maximum atomic E-state index is 12.4. The van der Waals surface area contributed by atoms with E-state index in [4.69, 9.17) is 27.6 Å². The molecule has 0 aliphatic rings. The van der Waals surface area contributed by atoms with Gasteiger partial charge < -0.3 is 9.73 Å². The molecule has 1 aromatic heterocycles. The molecule has 1 unspecified atom stereocenters. The van der Waals surface area contributed by atoms with Crippen molar-refractivity contribution in [3.05, 3.63) is 64.0 Å². The van der Waals surface area contributed by atoms with Gasteiger partial charge in [-0.3, -0.25) is 9.69 Å². The first-order chi connectivity index (χ1) is 13.3. The summed E-state index contributed by atoms with van der Waals surface area (Å²) < 4.78 is 5.81. The molecule has 0 fully saturated rings. The van der Waals surface area contributed by atoms with Gasteiger partial charge in [0.15, 0.2) is 0 Å². The highest BCUT2D eigenvalue weighted by Gasteiger charge is 2.21. The van der Waals surface area contributed by atoms with Crippen LogP contribution in [-0.4, -0.2) is 34.6 Å². The van der Waals surface area contributed by atoms with Crippen LogP contribution in [0.25, 0.3) is 11.5 Å². The fourth-order valence-corrected chi connectivity index (χ4v) is 3.14. The number of nitrogens with zero attached hydrogens (tertiary/aromatic N) is 3. The Balaban J connectivity index is 1.66. The lowest BCUT2D eigenvalue weighted by molar-refractivity contribution is -0.117. The molecule has 0 radical (unpaired) electrons. The monoisotopic (exact) mass is 418 g/mol. The predicted molar refractivity (Wildman–Crippen MR) is 111 cm³/mol. The molecule has 6 nitrogen and oxygen atoms in total. The van der Waals surface area contributed by atoms with Crippen molar-refractivity contribution in [2.24, 2.45) is 0 Å². The van der Waals surface area contributed by atoms with Crippen LogP contribution < -0.4 is 5.32 Å². The number of hydrogen-bond donors (Lipinski definition) is 1. The first kappa shape index (κ1) is 20.3. The van der Waals surface area contributed by atoms with E-state index in [1.807, 2.05) is 38.1 Å². The van der Waals surface area contributed by atoms with Gasteiger partial charge in [-0.15, -0.1) is 10.2 Å². The Labute approximate surface area is 173 Å². The van der Waals surface area contributed by atoms with E-state index < -0.39 is 0 Å². The van der Waals surface area contributed by atoms with E-state index in [9.17, 15) is 4.79 Å². The highest BCUT2D eigenvalue weighted by molar-refractivity contribution is 6.39. The van der Waals surface area contributed by atoms with Crippen LogP contribution in [-0.2, 0) is 4.79 Å². The minimum absolute atomic E-state index is 0.102. The molecule has 8 heteroatoms. The van der Waals surface area contributed by atoms with Crippen molar-refractivity contribution in [2.45, 2.75) is 19.9 Å². The third-order valence-corrected chi connectivity index (χ3v) is 4.97. The lowest BCUT2D eigenvalue weighted by Gasteiger charge is -2.21. The van der Waals surface area contributed by atoms with E-state index in [2.05, 4.69) is 15.5 Å². The molecular weight excluding hydrogens is 399 g/mol. The third-order valence-electron chi connectivity index (χ3n) is 4.34. The Morgan fingerprint density at radius 2 is 1.86 bits per heavy atom. The molecule has 0 aliphatic carbocycles. The number of amides is 1. The van der Waals surface area contributed by atoms with E-state index in [-0.39, 0.29) is 18.5 Å². The van der Waals surface area contributed by atoms with Crippen LogP contribution in [0.4, 0.5) is 5.69 Å². The zero-order chi connectivity index (χ0) is 20.3. The molecule has 1 amide bonds. The molecule has 0 saturated carbocycles. The van der Waals surface area contributed by atoms with Crippen LogP contribution in [0.3, 0.4) is 0 Å². The van der Waals surface area contributed by atoms with Gasteiger partial charge in [0.05, 0.1) is 28.3 Å². The average molecular weight is 419 g/mol. The Morgan fingerprint density at radius 1 is 1.18 bits per heavy atom. The Morgan fingerprint density at radius 3 is 2.54 bits per heavy atom. The van der Waals surface area contributed by atoms with Gasteiger partial charge >= 0.3 is 0 Å². The molecule has 0 spiro atoms. The summed E-state index contributed by atoms with van der Waals surface area (Å²) in [5.74, 6) is 0.636. The van der Waals surface area contributed by atoms with Crippen LogP contribution in [0.15, 0.2) is 46.9 Å². The first-order valence-electron chi connectivity index (χ1n) is 8.69. The maximum Gasteiger partial charge on any atom is 0.247 e. The molecule has 1 atom stereocenters. The van der Waals surface area contributed by atoms with Gasteiger partial charge in [0.25, 0.3) is 0 Å². The molecule has 2 aromatic carbocycles. The summed E-state index contributed by atoms with van der Waals surface area (Å²) in [6.07, 6.45) is 0. The number of likely N-dealkylation sites (N-methyl/N-ethyl adjacent to an activating group) is 1. The van der Waals surface area contributed by atoms with E-state index in [0.29, 0.717) is 27.5 Å². The van der Waals surface area contributed by atoms with E-state index >= 15 is 0 Å². The highest BCUT2D eigenvalue weighted by Crippen LogP contribution is 2.30. The standard InChI is InChI=1S/C20H20Cl2N4O2/c1-12-6-4-7-14(10-12)20-25-24-19(28-20)13(2)26(3)11-17(27)23-18-15(21)8-5-9-16(18)22/h4-10,13H,11H2,1-3H3,(H,23,27). The largest absolute Gasteiger partial charge is 0.419 e. The van der Waals surface area contributed by atoms with Crippen LogP contribution >= 0.6 is 23.2 Å². The lowest BCUT2D eigenvalue weighted by Crippen LogP contribution is -2.32. The SMILES string of the molecule is Cc1cccc(-c2nnc(C(C)N(C)CC(=O)Nc3c(Cl)cccc3Cl)o2)c1. The molecule has 3 aromatic rings. The summed E-state index contributed by atoms with van der Waals surface area (Å²) in [7, 11) is 1.80. The van der Waals surface area contributed by atoms with Gasteiger partial charge in [-0.05, 0) is 45.2 Å². The van der Waals surface area contributed by atoms with Gasteiger partial charge in [-0.2, -0.15) is 0 Å². The Bertz CT molecular complexity index is 970. The molecule has 28 heavy (non-hydrogen) atoms. The quantitative estimate of drug-likeness (QED) is 0.610. The number of halogens is 2. The zero-order valence-corrected chi connectivity index (χ0v) is 17.3. The second-order valence-corrected chi connectivity index (χ2v) is 7.37. The number of carbonyl (C=O) groups excluding carboxylic acids is 1. The van der Waals surface area contributed by atoms with Crippen LogP contribution in [0.2, 0.25) is 10.0 Å². The molecule has 0 aliphatic heterocycles. The van der Waals surface area contributed by atoms with Gasteiger partial charge in [0.2, 0.25) is 17.7 Å². The van der Waals surface area contributed by atoms with Gasteiger partial charge in [-0.25, -0.2) is 0 Å². The predicted octanol–water partition coefficient (Wildman–Crippen LogP) is 4.98. The van der Waals surface area contributed by atoms with Crippen molar-refractivity contribution in [3.8, 4) is 11.5 Å². The third kappa shape index (κ3) is 4.70. The molecule has 0 bridgehead atoms. The van der Waals surface area contributed by atoms with Crippen LogP contribution in [0, 0.1) is 6.92 Å². The smallest absolute Gasteiger partial charge is 0.247 e. The van der Waals surface area contributed by atoms with Crippen molar-refractivity contribution in [2.75, 3.05) is 18.9 Å². The fraction of sp³-hybridized carbons (Fsp3) is 0.250. The number of aryl methyl sites for hydroxylation is 1.